The van der Waals surface area contributed by atoms with Crippen molar-refractivity contribution in [2.45, 2.75) is 23.7 Å². The van der Waals surface area contributed by atoms with E-state index in [4.69, 9.17) is 0 Å². The van der Waals surface area contributed by atoms with E-state index < -0.39 is 34.5 Å². The molecule has 0 N–H and O–H groups in total. The molecular weight excluding hydrogens is 588 g/mol. The molecule has 2 aliphatic rings. The molecular formula is C45H34O3. The fourth-order valence-corrected chi connectivity index (χ4v) is 8.57. The van der Waals surface area contributed by atoms with E-state index in [1.165, 1.54) is 0 Å². The first kappa shape index (κ1) is 29.7. The van der Waals surface area contributed by atoms with Crippen LogP contribution in [0, 0.1) is 10.8 Å². The molecule has 0 heterocycles. The molecule has 48 heavy (non-hydrogen) atoms. The van der Waals surface area contributed by atoms with E-state index in [0.29, 0.717) is 11.1 Å². The molecule has 0 spiro atoms. The maximum absolute atomic E-state index is 16.3. The summed E-state index contributed by atoms with van der Waals surface area (Å²) in [5.41, 5.74) is 1.59. The zero-order valence-electron chi connectivity index (χ0n) is 26.4. The molecule has 0 amide bonds. The third-order valence-electron chi connectivity index (χ3n) is 10.6. The zero-order valence-corrected chi connectivity index (χ0v) is 26.4. The summed E-state index contributed by atoms with van der Waals surface area (Å²) in [5.74, 6) is -2.55. The lowest BCUT2D eigenvalue weighted by Gasteiger charge is -2.25. The van der Waals surface area contributed by atoms with Gasteiger partial charge in [0.25, 0.3) is 0 Å². The second-order valence-corrected chi connectivity index (χ2v) is 13.0. The normalized spacial score (nSPS) is 25.5. The van der Waals surface area contributed by atoms with Gasteiger partial charge in [0.15, 0.2) is 17.3 Å². The van der Waals surface area contributed by atoms with Gasteiger partial charge in [-0.2, -0.15) is 0 Å². The Kier molecular flexibility index (Phi) is 7.33. The molecule has 3 nitrogen and oxygen atoms in total. The molecule has 3 heteroatoms. The first-order valence-corrected chi connectivity index (χ1v) is 16.6. The SMILES string of the molecule is O=C(c1ccccc1)C1(C(=O)C2(C(=O)c3ccccc3)C(c3ccccc3)C2c2ccccc2)C(c2ccccc2)C1c1ccccc1. The maximum atomic E-state index is 16.3. The second kappa shape index (κ2) is 11.8. The molecule has 0 saturated heterocycles. The Morgan fingerprint density at radius 1 is 0.312 bits per heavy atom. The van der Waals surface area contributed by atoms with Crippen LogP contribution >= 0.6 is 0 Å². The molecule has 6 aromatic carbocycles. The van der Waals surface area contributed by atoms with Crippen molar-refractivity contribution in [2.75, 3.05) is 0 Å². The largest absolute Gasteiger partial charge is 0.297 e. The molecule has 4 atom stereocenters. The van der Waals surface area contributed by atoms with Crippen LogP contribution in [0.15, 0.2) is 182 Å². The maximum Gasteiger partial charge on any atom is 0.177 e. The van der Waals surface area contributed by atoms with Crippen molar-refractivity contribution in [3.05, 3.63) is 215 Å². The zero-order chi connectivity index (χ0) is 32.7. The molecule has 0 radical (unpaired) electrons. The molecule has 8 rings (SSSR count). The summed E-state index contributed by atoms with van der Waals surface area (Å²) >= 11 is 0. The highest BCUT2D eigenvalue weighted by Crippen LogP contribution is 2.81. The highest BCUT2D eigenvalue weighted by Gasteiger charge is 2.84. The summed E-state index contributed by atoms with van der Waals surface area (Å²) in [5, 5.41) is 0. The van der Waals surface area contributed by atoms with Gasteiger partial charge in [0, 0.05) is 34.8 Å². The summed E-state index contributed by atoms with van der Waals surface area (Å²) in [6.07, 6.45) is 0. The van der Waals surface area contributed by atoms with E-state index >= 15 is 14.4 Å². The molecule has 6 aromatic rings. The minimum Gasteiger partial charge on any atom is -0.297 e. The van der Waals surface area contributed by atoms with Crippen molar-refractivity contribution in [1.29, 1.82) is 0 Å². The average molecular weight is 623 g/mol. The van der Waals surface area contributed by atoms with Crippen molar-refractivity contribution in [1.82, 2.24) is 0 Å². The third kappa shape index (κ3) is 4.46. The summed E-state index contributed by atoms with van der Waals surface area (Å²) in [6.45, 7) is 0. The van der Waals surface area contributed by atoms with E-state index in [0.717, 1.165) is 22.3 Å². The Labute approximate surface area is 280 Å². The summed E-state index contributed by atoms with van der Waals surface area (Å²) in [6, 6.07) is 57.8. The van der Waals surface area contributed by atoms with Crippen molar-refractivity contribution in [3.8, 4) is 0 Å². The number of hydrogen-bond donors (Lipinski definition) is 0. The smallest absolute Gasteiger partial charge is 0.177 e. The fraction of sp³-hybridized carbons (Fsp3) is 0.133. The third-order valence-corrected chi connectivity index (χ3v) is 10.6. The first-order valence-electron chi connectivity index (χ1n) is 16.6. The van der Waals surface area contributed by atoms with Crippen LogP contribution in [-0.2, 0) is 4.79 Å². The fourth-order valence-electron chi connectivity index (χ4n) is 8.57. The average Bonchev–Trinajstić information content (AvgIpc) is 4.07. The lowest BCUT2D eigenvalue weighted by Crippen LogP contribution is -2.41. The lowest BCUT2D eigenvalue weighted by molar-refractivity contribution is -0.126. The monoisotopic (exact) mass is 622 g/mol. The number of benzene rings is 6. The molecule has 0 bridgehead atoms. The Morgan fingerprint density at radius 3 is 0.750 bits per heavy atom. The predicted molar refractivity (Wildman–Crippen MR) is 188 cm³/mol. The highest BCUT2D eigenvalue weighted by atomic mass is 16.2. The summed E-state index contributed by atoms with van der Waals surface area (Å²) < 4.78 is 0. The molecule has 0 aliphatic heterocycles. The Morgan fingerprint density at radius 2 is 0.521 bits per heavy atom. The van der Waals surface area contributed by atoms with Crippen molar-refractivity contribution < 1.29 is 14.4 Å². The van der Waals surface area contributed by atoms with Crippen LogP contribution in [0.25, 0.3) is 0 Å². The number of ketones is 3. The van der Waals surface area contributed by atoms with Gasteiger partial charge < -0.3 is 0 Å². The van der Waals surface area contributed by atoms with Gasteiger partial charge in [-0.05, 0) is 22.3 Å². The van der Waals surface area contributed by atoms with Gasteiger partial charge >= 0.3 is 0 Å². The van der Waals surface area contributed by atoms with Gasteiger partial charge in [-0.15, -0.1) is 0 Å². The quantitative estimate of drug-likeness (QED) is 0.113. The van der Waals surface area contributed by atoms with Gasteiger partial charge in [0.1, 0.15) is 10.8 Å². The number of Topliss-reactive ketones (excluding diaryl/α,β-unsaturated/α-hetero) is 3. The van der Waals surface area contributed by atoms with Crippen molar-refractivity contribution in [3.63, 3.8) is 0 Å². The van der Waals surface area contributed by atoms with Crippen LogP contribution in [0.4, 0.5) is 0 Å². The minimum atomic E-state index is -1.51. The van der Waals surface area contributed by atoms with Gasteiger partial charge in [-0.1, -0.05) is 182 Å². The van der Waals surface area contributed by atoms with Crippen LogP contribution in [0.3, 0.4) is 0 Å². The number of carbonyl (C=O) groups is 3. The Balaban J connectivity index is 1.42. The van der Waals surface area contributed by atoms with E-state index in [-0.39, 0.29) is 17.3 Å². The second-order valence-electron chi connectivity index (χ2n) is 13.0. The van der Waals surface area contributed by atoms with E-state index in [2.05, 4.69) is 0 Å². The number of rotatable bonds is 10. The molecule has 2 saturated carbocycles. The van der Waals surface area contributed by atoms with Gasteiger partial charge in [-0.25, -0.2) is 0 Å². The molecule has 2 aliphatic carbocycles. The van der Waals surface area contributed by atoms with Gasteiger partial charge in [0.2, 0.25) is 0 Å². The minimum absolute atomic E-state index is 0.235. The standard InChI is InChI=1S/C45H34O3/c46-41(35-27-15-5-16-28-35)44(37(31-19-7-1-8-20-31)38(44)32-21-9-2-10-22-32)43(48)45(42(47)36-29-17-6-18-30-36)39(33-23-11-3-12-24-33)40(45)34-25-13-4-14-26-34/h1-30,37-40H. The number of carbonyl (C=O) groups excluding carboxylic acids is 3. The van der Waals surface area contributed by atoms with E-state index in [9.17, 15) is 0 Å². The first-order chi connectivity index (χ1) is 23.6. The lowest BCUT2D eigenvalue weighted by atomic mass is 9.72. The van der Waals surface area contributed by atoms with E-state index in [1.807, 2.05) is 158 Å². The summed E-state index contributed by atoms with van der Waals surface area (Å²) in [7, 11) is 0. The van der Waals surface area contributed by atoms with Crippen molar-refractivity contribution >= 4 is 17.3 Å². The van der Waals surface area contributed by atoms with Crippen LogP contribution in [-0.4, -0.2) is 17.3 Å². The molecule has 2 fully saturated rings. The van der Waals surface area contributed by atoms with Crippen LogP contribution in [0.2, 0.25) is 0 Å². The topological polar surface area (TPSA) is 51.2 Å². The molecule has 0 aromatic heterocycles. The Bertz CT molecular complexity index is 1830. The van der Waals surface area contributed by atoms with Gasteiger partial charge in [-0.3, -0.25) is 14.4 Å². The van der Waals surface area contributed by atoms with Crippen molar-refractivity contribution in [2.24, 2.45) is 10.8 Å². The predicted octanol–water partition coefficient (Wildman–Crippen LogP) is 9.46. The van der Waals surface area contributed by atoms with Crippen LogP contribution in [0.5, 0.6) is 0 Å². The molecule has 4 unspecified atom stereocenters. The molecule has 232 valence electrons. The van der Waals surface area contributed by atoms with Crippen LogP contribution in [0.1, 0.15) is 66.6 Å². The number of hydrogen-bond acceptors (Lipinski definition) is 3. The van der Waals surface area contributed by atoms with E-state index in [1.54, 1.807) is 24.3 Å². The Hall–Kier alpha value is -5.67. The van der Waals surface area contributed by atoms with Crippen LogP contribution < -0.4 is 0 Å². The highest BCUT2D eigenvalue weighted by molar-refractivity contribution is 6.30. The summed E-state index contributed by atoms with van der Waals surface area (Å²) in [4.78, 5) is 47.0. The van der Waals surface area contributed by atoms with Gasteiger partial charge in [0.05, 0.1) is 0 Å².